The molecule has 0 aromatic carbocycles. The Bertz CT molecular complexity index is 236. The van der Waals surface area contributed by atoms with Crippen molar-refractivity contribution in [1.29, 1.82) is 0 Å². The van der Waals surface area contributed by atoms with Crippen molar-refractivity contribution in [2.75, 3.05) is 26.5 Å². The molecule has 0 bridgehead atoms. The quantitative estimate of drug-likeness (QED) is 0.282. The van der Waals surface area contributed by atoms with Crippen LogP contribution in [0.4, 0.5) is 0 Å². The van der Waals surface area contributed by atoms with E-state index in [0.717, 1.165) is 38.5 Å². The average molecular weight is 294 g/mol. The minimum Gasteiger partial charge on any atom is -0.344 e. The number of unbranched alkanes of at least 4 members (excludes halogenated alkanes) is 3. The molecule has 0 aliphatic heterocycles. The van der Waals surface area contributed by atoms with Crippen LogP contribution in [0.2, 0.25) is 0 Å². The fraction of sp³-hybridized carbons (Fsp3) is 1.00. The largest absolute Gasteiger partial charge is 0.344 e. The molecule has 116 valence electrons. The maximum atomic E-state index is 12.5. The van der Waals surface area contributed by atoms with E-state index in [-0.39, 0.29) is 0 Å². The molecule has 0 aromatic rings. The highest BCUT2D eigenvalue weighted by atomic mass is 31.2. The molecule has 0 amide bonds. The predicted molar refractivity (Wildman–Crippen MR) is 79.9 cm³/mol. The van der Waals surface area contributed by atoms with Gasteiger partial charge in [-0.15, -0.1) is 0 Å². The summed E-state index contributed by atoms with van der Waals surface area (Å²) < 4.78 is 29.2. The second-order valence-corrected chi connectivity index (χ2v) is 7.35. The zero-order valence-corrected chi connectivity index (χ0v) is 13.9. The highest BCUT2D eigenvalue weighted by Gasteiger charge is 2.30. The van der Waals surface area contributed by atoms with Crippen LogP contribution in [0.1, 0.15) is 59.3 Å². The lowest BCUT2D eigenvalue weighted by Gasteiger charge is -2.24. The van der Waals surface area contributed by atoms with Gasteiger partial charge in [-0.2, -0.15) is 0 Å². The van der Waals surface area contributed by atoms with Crippen molar-refractivity contribution < 1.29 is 18.6 Å². The van der Waals surface area contributed by atoms with E-state index >= 15 is 0 Å². The van der Waals surface area contributed by atoms with E-state index in [9.17, 15) is 4.57 Å². The van der Waals surface area contributed by atoms with Gasteiger partial charge in [0.2, 0.25) is 6.03 Å². The van der Waals surface area contributed by atoms with Crippen LogP contribution in [0, 0.1) is 0 Å². The zero-order chi connectivity index (χ0) is 14.6. The van der Waals surface area contributed by atoms with Crippen molar-refractivity contribution in [3.63, 3.8) is 0 Å². The van der Waals surface area contributed by atoms with E-state index < -0.39 is 13.4 Å². The van der Waals surface area contributed by atoms with Crippen molar-refractivity contribution in [2.45, 2.75) is 65.3 Å². The molecule has 19 heavy (non-hydrogen) atoms. The molecule has 0 N–H and O–H groups in total. The number of ether oxygens (including phenoxy) is 2. The van der Waals surface area contributed by atoms with Crippen LogP contribution in [0.5, 0.6) is 0 Å². The van der Waals surface area contributed by atoms with Gasteiger partial charge in [0.25, 0.3) is 7.37 Å². The van der Waals surface area contributed by atoms with Crippen LogP contribution < -0.4 is 0 Å². The Balaban J connectivity index is 4.27. The third kappa shape index (κ3) is 9.61. The monoisotopic (exact) mass is 294 g/mol. The van der Waals surface area contributed by atoms with Gasteiger partial charge in [-0.25, -0.2) is 0 Å². The Hall–Kier alpha value is 0.110. The van der Waals surface area contributed by atoms with Crippen LogP contribution in [-0.4, -0.2) is 32.5 Å². The Morgan fingerprint density at radius 3 is 1.68 bits per heavy atom. The Kier molecular flexibility index (Phi) is 12.0. The minimum atomic E-state index is -2.86. The van der Waals surface area contributed by atoms with E-state index in [0.29, 0.717) is 19.8 Å². The highest BCUT2D eigenvalue weighted by molar-refractivity contribution is 7.58. The van der Waals surface area contributed by atoms with Gasteiger partial charge in [-0.3, -0.25) is 4.57 Å². The number of hydrogen-bond donors (Lipinski definition) is 0. The second kappa shape index (κ2) is 11.9. The molecule has 4 nitrogen and oxygen atoms in total. The zero-order valence-electron chi connectivity index (χ0n) is 13.0. The van der Waals surface area contributed by atoms with E-state index in [2.05, 4.69) is 20.8 Å². The van der Waals surface area contributed by atoms with Crippen molar-refractivity contribution in [3.05, 3.63) is 0 Å². The molecular formula is C14H31O4P. The van der Waals surface area contributed by atoms with Crippen LogP contribution in [0.25, 0.3) is 0 Å². The summed E-state index contributed by atoms with van der Waals surface area (Å²) in [5.41, 5.74) is 0. The van der Waals surface area contributed by atoms with Crippen molar-refractivity contribution in [2.24, 2.45) is 0 Å². The maximum absolute atomic E-state index is 12.5. The van der Waals surface area contributed by atoms with E-state index in [4.69, 9.17) is 14.0 Å². The first-order valence-corrected chi connectivity index (χ1v) is 9.67. The highest BCUT2D eigenvalue weighted by Crippen LogP contribution is 2.49. The predicted octanol–water partition coefficient (Wildman–Crippen LogP) is 4.63. The Morgan fingerprint density at radius 1 is 0.842 bits per heavy atom. The first kappa shape index (κ1) is 19.1. The number of hydrogen-bond acceptors (Lipinski definition) is 4. The second-order valence-electron chi connectivity index (χ2n) is 4.85. The van der Waals surface area contributed by atoms with E-state index in [1.165, 1.54) is 0 Å². The number of rotatable bonds is 13. The van der Waals surface area contributed by atoms with Gasteiger partial charge >= 0.3 is 0 Å². The van der Waals surface area contributed by atoms with Gasteiger partial charge in [-0.05, 0) is 19.3 Å². The van der Waals surface area contributed by atoms with Gasteiger partial charge < -0.3 is 14.0 Å². The van der Waals surface area contributed by atoms with E-state index in [1.807, 2.05) is 0 Å². The maximum Gasteiger partial charge on any atom is 0.254 e. The average Bonchev–Trinajstić information content (AvgIpc) is 2.37. The molecule has 0 saturated carbocycles. The minimum absolute atomic E-state index is 0.509. The lowest BCUT2D eigenvalue weighted by molar-refractivity contribution is -0.0974. The summed E-state index contributed by atoms with van der Waals surface area (Å²) in [7, 11) is -2.86. The molecule has 5 heteroatoms. The standard InChI is InChI=1S/C14H31O4P/c1-5-8-11-16-14(17-12-9-6-2)19(4,15)18-13-10-7-3/h14H,5-13H2,1-4H3. The van der Waals surface area contributed by atoms with Crippen molar-refractivity contribution in [3.8, 4) is 0 Å². The van der Waals surface area contributed by atoms with Gasteiger partial charge in [-0.1, -0.05) is 40.0 Å². The Morgan fingerprint density at radius 2 is 1.26 bits per heavy atom. The summed E-state index contributed by atoms with van der Waals surface area (Å²) in [4.78, 5) is 0. The van der Waals surface area contributed by atoms with Gasteiger partial charge in [0, 0.05) is 6.66 Å². The smallest absolute Gasteiger partial charge is 0.254 e. The van der Waals surface area contributed by atoms with Crippen molar-refractivity contribution >= 4 is 7.37 Å². The van der Waals surface area contributed by atoms with Crippen LogP contribution in [0.3, 0.4) is 0 Å². The molecule has 0 fully saturated rings. The fourth-order valence-electron chi connectivity index (χ4n) is 1.43. The van der Waals surface area contributed by atoms with Crippen LogP contribution in [-0.2, 0) is 18.6 Å². The van der Waals surface area contributed by atoms with Gasteiger partial charge in [0.05, 0.1) is 19.8 Å². The summed E-state index contributed by atoms with van der Waals surface area (Å²) in [5, 5.41) is 0. The summed E-state index contributed by atoms with van der Waals surface area (Å²) >= 11 is 0. The molecule has 0 aliphatic carbocycles. The Labute approximate surface area is 118 Å². The molecule has 0 radical (unpaired) electrons. The molecule has 0 rings (SSSR count). The summed E-state index contributed by atoms with van der Waals surface area (Å²) in [6, 6.07) is -0.706. The molecule has 0 heterocycles. The third-order valence-corrected chi connectivity index (χ3v) is 4.50. The lowest BCUT2D eigenvalue weighted by Crippen LogP contribution is -2.20. The molecule has 1 unspecified atom stereocenters. The molecule has 0 spiro atoms. The van der Waals surface area contributed by atoms with Gasteiger partial charge in [0.1, 0.15) is 0 Å². The first-order chi connectivity index (χ1) is 9.08. The molecule has 0 saturated heterocycles. The lowest BCUT2D eigenvalue weighted by atomic mass is 10.4. The molecular weight excluding hydrogens is 263 g/mol. The topological polar surface area (TPSA) is 44.8 Å². The summed E-state index contributed by atoms with van der Waals surface area (Å²) in [6.07, 6.45) is 5.93. The molecule has 1 atom stereocenters. The van der Waals surface area contributed by atoms with Crippen LogP contribution >= 0.6 is 7.37 Å². The van der Waals surface area contributed by atoms with Crippen LogP contribution in [0.15, 0.2) is 0 Å². The molecule has 0 aromatic heterocycles. The summed E-state index contributed by atoms with van der Waals surface area (Å²) in [5.74, 6) is 0. The summed E-state index contributed by atoms with van der Waals surface area (Å²) in [6.45, 7) is 9.54. The van der Waals surface area contributed by atoms with Crippen molar-refractivity contribution in [1.82, 2.24) is 0 Å². The SMILES string of the molecule is CCCCOC(OCCCC)P(C)(=O)OCCCC. The third-order valence-electron chi connectivity index (χ3n) is 2.75. The molecule has 0 aliphatic rings. The first-order valence-electron chi connectivity index (χ1n) is 7.53. The fourth-order valence-corrected chi connectivity index (χ4v) is 2.79. The normalized spacial score (nSPS) is 14.8. The van der Waals surface area contributed by atoms with Gasteiger partial charge in [0.15, 0.2) is 0 Å². The van der Waals surface area contributed by atoms with E-state index in [1.54, 1.807) is 6.66 Å².